The molecular weight excluding hydrogens is 829 g/mol. The Bertz CT molecular complexity index is 2750. The third-order valence-corrected chi connectivity index (χ3v) is 13.4. The molecule has 8 aromatic rings. The lowest BCUT2D eigenvalue weighted by atomic mass is 9.63. The molecule has 12 nitrogen and oxygen atoms in total. The number of rotatable bonds is 14. The molecular formula is C54H52N6O6. The van der Waals surface area contributed by atoms with Crippen LogP contribution < -0.4 is 14.8 Å². The maximum Gasteiger partial charge on any atom is 0.167 e. The van der Waals surface area contributed by atoms with Crippen molar-refractivity contribution in [2.75, 3.05) is 45.8 Å². The highest BCUT2D eigenvalue weighted by molar-refractivity contribution is 5.84. The van der Waals surface area contributed by atoms with Crippen LogP contribution in [0.4, 0.5) is 5.82 Å². The zero-order valence-electron chi connectivity index (χ0n) is 36.8. The minimum Gasteiger partial charge on any atom is -0.497 e. The van der Waals surface area contributed by atoms with Gasteiger partial charge < -0.3 is 34.5 Å². The number of morpholine rings is 1. The summed E-state index contributed by atoms with van der Waals surface area (Å²) in [6.07, 6.45) is -1.13. The molecule has 2 aliphatic heterocycles. The molecule has 0 bridgehead atoms. The number of methoxy groups -OCH3 is 2. The van der Waals surface area contributed by atoms with Crippen LogP contribution >= 0.6 is 0 Å². The fourth-order valence-electron chi connectivity index (χ4n) is 10.2. The average Bonchev–Trinajstić information content (AvgIpc) is 3.98. The van der Waals surface area contributed by atoms with Gasteiger partial charge in [-0.25, -0.2) is 15.0 Å². The maximum atomic E-state index is 13.5. The van der Waals surface area contributed by atoms with Gasteiger partial charge in [-0.1, -0.05) is 146 Å². The molecule has 3 N–H and O–H groups in total. The van der Waals surface area contributed by atoms with Crippen molar-refractivity contribution in [3.63, 3.8) is 0 Å². The van der Waals surface area contributed by atoms with Gasteiger partial charge in [-0.05, 0) is 57.6 Å². The van der Waals surface area contributed by atoms with Gasteiger partial charge in [0, 0.05) is 13.1 Å². The van der Waals surface area contributed by atoms with Crippen molar-refractivity contribution in [3.8, 4) is 11.5 Å². The molecule has 2 fully saturated rings. The van der Waals surface area contributed by atoms with E-state index in [2.05, 4.69) is 46.6 Å². The first-order valence-electron chi connectivity index (χ1n) is 22.3. The molecule has 0 saturated carbocycles. The van der Waals surface area contributed by atoms with Crippen molar-refractivity contribution >= 4 is 17.0 Å². The third-order valence-electron chi connectivity index (χ3n) is 13.4. The topological polar surface area (TPSA) is 136 Å². The Balaban J connectivity index is 1.11. The number of aliphatic hydroxyl groups is 2. The minimum absolute atomic E-state index is 0.449. The van der Waals surface area contributed by atoms with Gasteiger partial charge in [-0.2, -0.15) is 0 Å². The fraction of sp³-hybridized carbons (Fsp3) is 0.241. The van der Waals surface area contributed by atoms with Gasteiger partial charge in [0.1, 0.15) is 35.6 Å². The molecule has 2 aromatic heterocycles. The second kappa shape index (κ2) is 18.5. The van der Waals surface area contributed by atoms with Gasteiger partial charge in [0.05, 0.1) is 51.3 Å². The summed E-state index contributed by atoms with van der Waals surface area (Å²) in [7, 11) is 3.30. The number of benzene rings is 6. The molecule has 2 saturated heterocycles. The van der Waals surface area contributed by atoms with Gasteiger partial charge in [-0.3, -0.25) is 9.47 Å². The highest BCUT2D eigenvalue weighted by Crippen LogP contribution is 2.49. The normalized spacial score (nSPS) is 19.6. The molecule has 12 heteroatoms. The number of ether oxygens (including phenoxy) is 4. The first-order valence-corrected chi connectivity index (χ1v) is 22.3. The first-order chi connectivity index (χ1) is 32.5. The largest absolute Gasteiger partial charge is 0.497 e. The standard InChI is InChI=1S/C54H52N6O6/c1-63-43-27-23-39(24-28-43)53(37-15-7-3-8-16-37,38-17-9-4-10-18-38)49(62)48-46(59-31-33-65-34-32-59)47(61)52(66-48)60-36-57-45-50(55-35-56-51(45)60)58-54(40-19-11-5-12-20-40,41-21-13-6-14-22-41)42-25-29-44(64-2)30-26-42/h3-30,35-36,46-49,52,61-62H,31-34H2,1-2H3,(H,55,56,58)/t46?,47-,48+,49?,52-/m1/s1. The van der Waals surface area contributed by atoms with Crippen LogP contribution in [-0.4, -0.2) is 99.5 Å². The van der Waals surface area contributed by atoms with Crippen LogP contribution in [0.2, 0.25) is 0 Å². The molecule has 0 amide bonds. The molecule has 334 valence electrons. The number of anilines is 1. The van der Waals surface area contributed by atoms with E-state index in [1.807, 2.05) is 133 Å². The third kappa shape index (κ3) is 7.46. The van der Waals surface area contributed by atoms with Crippen molar-refractivity contribution in [2.45, 2.75) is 41.5 Å². The molecule has 0 spiro atoms. The van der Waals surface area contributed by atoms with Crippen LogP contribution in [-0.2, 0) is 20.4 Å². The van der Waals surface area contributed by atoms with E-state index in [0.717, 1.165) is 39.1 Å². The van der Waals surface area contributed by atoms with Crippen LogP contribution in [0.5, 0.6) is 11.5 Å². The van der Waals surface area contributed by atoms with E-state index >= 15 is 0 Å². The first kappa shape index (κ1) is 43.0. The summed E-state index contributed by atoms with van der Waals surface area (Å²) < 4.78 is 25.9. The number of nitrogens with zero attached hydrogens (tertiary/aromatic N) is 5. The average molecular weight is 881 g/mol. The summed E-state index contributed by atoms with van der Waals surface area (Å²) in [6.45, 7) is 2.04. The maximum absolute atomic E-state index is 13.5. The Morgan fingerprint density at radius 2 is 1.09 bits per heavy atom. The number of fused-ring (bicyclic) bond motifs is 1. The second-order valence-electron chi connectivity index (χ2n) is 16.7. The predicted octanol–water partition coefficient (Wildman–Crippen LogP) is 7.60. The lowest BCUT2D eigenvalue weighted by Gasteiger charge is -2.45. The summed E-state index contributed by atoms with van der Waals surface area (Å²) in [5.74, 6) is 1.90. The summed E-state index contributed by atoms with van der Waals surface area (Å²) in [4.78, 5) is 16.8. The number of nitrogens with one attached hydrogen (secondary N) is 1. The number of hydrogen-bond donors (Lipinski definition) is 3. The predicted molar refractivity (Wildman–Crippen MR) is 253 cm³/mol. The van der Waals surface area contributed by atoms with E-state index in [1.54, 1.807) is 25.1 Å². The highest BCUT2D eigenvalue weighted by Gasteiger charge is 2.57. The van der Waals surface area contributed by atoms with Crippen molar-refractivity contribution in [2.24, 2.45) is 0 Å². The van der Waals surface area contributed by atoms with E-state index in [9.17, 15) is 10.2 Å². The summed E-state index contributed by atoms with van der Waals surface area (Å²) in [6, 6.07) is 55.7. The molecule has 6 aromatic carbocycles. The zero-order valence-corrected chi connectivity index (χ0v) is 36.8. The molecule has 2 aliphatic rings. The quantitative estimate of drug-likeness (QED) is 0.0933. The minimum atomic E-state index is -1.23. The van der Waals surface area contributed by atoms with Crippen LogP contribution in [0.25, 0.3) is 11.2 Å². The van der Waals surface area contributed by atoms with Crippen molar-refractivity contribution in [1.29, 1.82) is 0 Å². The summed E-state index contributed by atoms with van der Waals surface area (Å²) in [5, 5.41) is 30.2. The Kier molecular flexibility index (Phi) is 12.1. The Labute approximate surface area is 384 Å². The molecule has 5 atom stereocenters. The van der Waals surface area contributed by atoms with E-state index in [4.69, 9.17) is 33.9 Å². The van der Waals surface area contributed by atoms with Crippen LogP contribution in [0, 0.1) is 0 Å². The highest BCUT2D eigenvalue weighted by atomic mass is 16.5. The van der Waals surface area contributed by atoms with Gasteiger partial charge in [0.25, 0.3) is 0 Å². The number of aromatic nitrogens is 4. The van der Waals surface area contributed by atoms with Gasteiger partial charge in [0.15, 0.2) is 23.2 Å². The molecule has 0 aliphatic carbocycles. The Morgan fingerprint density at radius 1 is 0.621 bits per heavy atom. The van der Waals surface area contributed by atoms with E-state index in [0.29, 0.717) is 49.0 Å². The Morgan fingerprint density at radius 3 is 1.61 bits per heavy atom. The number of imidazole rings is 1. The summed E-state index contributed by atoms with van der Waals surface area (Å²) >= 11 is 0. The van der Waals surface area contributed by atoms with Gasteiger partial charge in [0.2, 0.25) is 0 Å². The van der Waals surface area contributed by atoms with Crippen molar-refractivity contribution in [3.05, 3.63) is 216 Å². The van der Waals surface area contributed by atoms with Crippen molar-refractivity contribution < 1.29 is 29.2 Å². The molecule has 2 unspecified atom stereocenters. The smallest absolute Gasteiger partial charge is 0.167 e. The molecule has 10 rings (SSSR count). The molecule has 4 heterocycles. The Hall–Kier alpha value is -6.93. The van der Waals surface area contributed by atoms with Crippen LogP contribution in [0.3, 0.4) is 0 Å². The monoisotopic (exact) mass is 880 g/mol. The second-order valence-corrected chi connectivity index (χ2v) is 16.7. The number of hydrogen-bond acceptors (Lipinski definition) is 11. The SMILES string of the molecule is COc1ccc(C(Nc2ncnc3c2ncn3[C@@H]2O[C@H](C(O)C(c3ccccc3)(c3ccccc3)c3ccc(OC)cc3)C(N3CCOCC3)[C@H]2O)(c2ccccc2)c2ccccc2)cc1. The lowest BCUT2D eigenvalue weighted by molar-refractivity contribution is -0.0968. The van der Waals surface area contributed by atoms with E-state index in [-0.39, 0.29) is 0 Å². The van der Waals surface area contributed by atoms with E-state index in [1.165, 1.54) is 6.33 Å². The fourth-order valence-corrected chi connectivity index (χ4v) is 10.2. The van der Waals surface area contributed by atoms with E-state index < -0.39 is 41.5 Å². The molecule has 0 radical (unpaired) electrons. The van der Waals surface area contributed by atoms with Gasteiger partial charge in [-0.15, -0.1) is 0 Å². The number of aliphatic hydroxyl groups excluding tert-OH is 2. The summed E-state index contributed by atoms with van der Waals surface area (Å²) in [5.41, 5.74) is 4.29. The van der Waals surface area contributed by atoms with Crippen molar-refractivity contribution in [1.82, 2.24) is 24.4 Å². The van der Waals surface area contributed by atoms with Gasteiger partial charge >= 0.3 is 0 Å². The zero-order chi connectivity index (χ0) is 45.1. The lowest BCUT2D eigenvalue weighted by Crippen LogP contribution is -2.59. The van der Waals surface area contributed by atoms with Crippen LogP contribution in [0.15, 0.2) is 183 Å². The van der Waals surface area contributed by atoms with Crippen LogP contribution in [0.1, 0.15) is 39.6 Å². The molecule has 66 heavy (non-hydrogen) atoms.